The average Bonchev–Trinajstić information content (AvgIpc) is 2.58. The molecule has 0 spiro atoms. The fourth-order valence-electron chi connectivity index (χ4n) is 2.60. The Balaban J connectivity index is 1.95. The Morgan fingerprint density at radius 2 is 2.09 bits per heavy atom. The second-order valence-electron chi connectivity index (χ2n) is 5.45. The molecule has 1 amide bonds. The van der Waals surface area contributed by atoms with Gasteiger partial charge in [-0.1, -0.05) is 24.3 Å². The standard InChI is InChI=1S/C17H26N4O2/c1-3-18-17(20-12-16(22)19-9-11-23-2)21-10-8-14-6-4-5-7-15(14)13-21/h4-7H,3,8-13H2,1-2H3,(H,18,20)(H,19,22). The highest BCUT2D eigenvalue weighted by molar-refractivity contribution is 5.85. The molecule has 2 rings (SSSR count). The third-order valence-electron chi connectivity index (χ3n) is 3.77. The van der Waals surface area contributed by atoms with E-state index in [1.807, 2.05) is 6.92 Å². The first-order valence-corrected chi connectivity index (χ1v) is 8.10. The molecule has 0 fully saturated rings. The lowest BCUT2D eigenvalue weighted by atomic mass is 10.0. The van der Waals surface area contributed by atoms with Crippen LogP contribution in [0.2, 0.25) is 0 Å². The summed E-state index contributed by atoms with van der Waals surface area (Å²) in [6.45, 7) is 5.71. The molecule has 1 aromatic carbocycles. The first-order valence-electron chi connectivity index (χ1n) is 8.10. The van der Waals surface area contributed by atoms with Gasteiger partial charge in [-0.25, -0.2) is 4.99 Å². The Bertz CT molecular complexity index is 545. The van der Waals surface area contributed by atoms with Crippen LogP contribution in [0.3, 0.4) is 0 Å². The number of fused-ring (bicyclic) bond motifs is 1. The zero-order valence-corrected chi connectivity index (χ0v) is 14.0. The van der Waals surface area contributed by atoms with Crippen molar-refractivity contribution in [1.82, 2.24) is 15.5 Å². The number of rotatable bonds is 6. The fraction of sp³-hybridized carbons (Fsp3) is 0.529. The van der Waals surface area contributed by atoms with Gasteiger partial charge in [0.05, 0.1) is 6.61 Å². The minimum Gasteiger partial charge on any atom is -0.383 e. The highest BCUT2D eigenvalue weighted by Gasteiger charge is 2.18. The zero-order chi connectivity index (χ0) is 16.5. The Morgan fingerprint density at radius 1 is 1.30 bits per heavy atom. The van der Waals surface area contributed by atoms with E-state index in [4.69, 9.17) is 4.74 Å². The van der Waals surface area contributed by atoms with Crippen LogP contribution < -0.4 is 10.6 Å². The van der Waals surface area contributed by atoms with Crippen LogP contribution in [0.5, 0.6) is 0 Å². The molecular formula is C17H26N4O2. The molecule has 1 aromatic rings. The summed E-state index contributed by atoms with van der Waals surface area (Å²) < 4.78 is 4.91. The van der Waals surface area contributed by atoms with Gasteiger partial charge in [0.1, 0.15) is 6.54 Å². The number of hydrogen-bond acceptors (Lipinski definition) is 3. The number of amides is 1. The third kappa shape index (κ3) is 5.25. The van der Waals surface area contributed by atoms with E-state index in [2.05, 4.69) is 44.8 Å². The number of ether oxygens (including phenoxy) is 1. The van der Waals surface area contributed by atoms with Gasteiger partial charge in [-0.3, -0.25) is 4.79 Å². The fourth-order valence-corrected chi connectivity index (χ4v) is 2.60. The Morgan fingerprint density at radius 3 is 2.83 bits per heavy atom. The van der Waals surface area contributed by atoms with Gasteiger partial charge < -0.3 is 20.3 Å². The van der Waals surface area contributed by atoms with Gasteiger partial charge in [0.25, 0.3) is 0 Å². The second kappa shape index (κ2) is 9.15. The van der Waals surface area contributed by atoms with Gasteiger partial charge in [0.2, 0.25) is 5.91 Å². The van der Waals surface area contributed by atoms with E-state index in [0.717, 1.165) is 32.0 Å². The van der Waals surface area contributed by atoms with Crippen LogP contribution in [0.4, 0.5) is 0 Å². The van der Waals surface area contributed by atoms with E-state index < -0.39 is 0 Å². The molecule has 6 nitrogen and oxygen atoms in total. The van der Waals surface area contributed by atoms with Crippen LogP contribution in [0.1, 0.15) is 18.1 Å². The lowest BCUT2D eigenvalue weighted by molar-refractivity contribution is -0.119. The third-order valence-corrected chi connectivity index (χ3v) is 3.77. The summed E-state index contributed by atoms with van der Waals surface area (Å²) in [4.78, 5) is 18.5. The number of guanidine groups is 1. The van der Waals surface area contributed by atoms with Crippen molar-refractivity contribution in [1.29, 1.82) is 0 Å². The monoisotopic (exact) mass is 318 g/mol. The first-order chi connectivity index (χ1) is 11.2. The molecule has 0 unspecified atom stereocenters. The maximum Gasteiger partial charge on any atom is 0.241 e. The quantitative estimate of drug-likeness (QED) is 0.462. The van der Waals surface area contributed by atoms with E-state index in [-0.39, 0.29) is 12.5 Å². The Labute approximate surface area is 137 Å². The van der Waals surface area contributed by atoms with Gasteiger partial charge in [-0.2, -0.15) is 0 Å². The number of benzene rings is 1. The van der Waals surface area contributed by atoms with Gasteiger partial charge in [-0.15, -0.1) is 0 Å². The molecule has 1 aliphatic rings. The van der Waals surface area contributed by atoms with Crippen molar-refractivity contribution in [3.63, 3.8) is 0 Å². The number of carbonyl (C=O) groups is 1. The van der Waals surface area contributed by atoms with E-state index >= 15 is 0 Å². The van der Waals surface area contributed by atoms with Crippen molar-refractivity contribution >= 4 is 11.9 Å². The Hall–Kier alpha value is -2.08. The molecule has 0 aliphatic carbocycles. The largest absolute Gasteiger partial charge is 0.383 e. The smallest absolute Gasteiger partial charge is 0.241 e. The van der Waals surface area contributed by atoms with Crippen molar-refractivity contribution in [2.45, 2.75) is 19.9 Å². The lowest BCUT2D eigenvalue weighted by Crippen LogP contribution is -2.44. The van der Waals surface area contributed by atoms with Crippen LogP contribution in [0.15, 0.2) is 29.3 Å². The SMILES string of the molecule is CCNC(=NCC(=O)NCCOC)N1CCc2ccccc2C1. The summed E-state index contributed by atoms with van der Waals surface area (Å²) >= 11 is 0. The molecule has 0 atom stereocenters. The van der Waals surface area contributed by atoms with Crippen molar-refractivity contribution in [2.75, 3.05) is 39.9 Å². The van der Waals surface area contributed by atoms with E-state index in [1.165, 1.54) is 11.1 Å². The summed E-state index contributed by atoms with van der Waals surface area (Å²) in [5.41, 5.74) is 2.73. The number of methoxy groups -OCH3 is 1. The van der Waals surface area contributed by atoms with Crippen molar-refractivity contribution in [3.8, 4) is 0 Å². The molecule has 23 heavy (non-hydrogen) atoms. The highest BCUT2D eigenvalue weighted by Crippen LogP contribution is 2.18. The summed E-state index contributed by atoms with van der Waals surface area (Å²) in [5, 5.41) is 6.06. The molecule has 1 heterocycles. The van der Waals surface area contributed by atoms with Crippen LogP contribution in [-0.2, 0) is 22.5 Å². The van der Waals surface area contributed by atoms with Crippen molar-refractivity contribution in [3.05, 3.63) is 35.4 Å². The minimum atomic E-state index is -0.0881. The van der Waals surface area contributed by atoms with E-state index in [9.17, 15) is 4.79 Å². The van der Waals surface area contributed by atoms with Crippen LogP contribution in [-0.4, -0.2) is 56.7 Å². The number of hydrogen-bond donors (Lipinski definition) is 2. The number of aliphatic imine (C=N–C) groups is 1. The molecule has 0 radical (unpaired) electrons. The second-order valence-corrected chi connectivity index (χ2v) is 5.45. The molecule has 0 aromatic heterocycles. The zero-order valence-electron chi connectivity index (χ0n) is 14.0. The van der Waals surface area contributed by atoms with Crippen molar-refractivity contribution < 1.29 is 9.53 Å². The molecular weight excluding hydrogens is 292 g/mol. The maximum absolute atomic E-state index is 11.8. The lowest BCUT2D eigenvalue weighted by Gasteiger charge is -2.31. The van der Waals surface area contributed by atoms with E-state index in [1.54, 1.807) is 7.11 Å². The number of carbonyl (C=O) groups excluding carboxylic acids is 1. The van der Waals surface area contributed by atoms with Crippen LogP contribution >= 0.6 is 0 Å². The van der Waals surface area contributed by atoms with Crippen molar-refractivity contribution in [2.24, 2.45) is 4.99 Å². The molecule has 0 bridgehead atoms. The molecule has 1 aliphatic heterocycles. The van der Waals surface area contributed by atoms with Gasteiger partial charge >= 0.3 is 0 Å². The highest BCUT2D eigenvalue weighted by atomic mass is 16.5. The number of nitrogens with one attached hydrogen (secondary N) is 2. The normalized spacial score (nSPS) is 14.3. The van der Waals surface area contributed by atoms with Gasteiger partial charge in [0.15, 0.2) is 5.96 Å². The predicted octanol–water partition coefficient (Wildman–Crippen LogP) is 0.773. The van der Waals surface area contributed by atoms with Gasteiger partial charge in [-0.05, 0) is 24.5 Å². The summed E-state index contributed by atoms with van der Waals surface area (Å²) in [6.07, 6.45) is 1.00. The molecule has 6 heteroatoms. The first kappa shape index (κ1) is 17.3. The van der Waals surface area contributed by atoms with Crippen LogP contribution in [0, 0.1) is 0 Å². The summed E-state index contributed by atoms with van der Waals surface area (Å²) in [6, 6.07) is 8.48. The average molecular weight is 318 g/mol. The Kier molecular flexibility index (Phi) is 6.87. The topological polar surface area (TPSA) is 66.0 Å². The molecule has 2 N–H and O–H groups in total. The number of nitrogens with zero attached hydrogens (tertiary/aromatic N) is 2. The minimum absolute atomic E-state index is 0.0881. The van der Waals surface area contributed by atoms with E-state index in [0.29, 0.717) is 13.2 Å². The summed E-state index contributed by atoms with van der Waals surface area (Å²) in [5.74, 6) is 0.707. The molecule has 0 saturated carbocycles. The molecule has 0 saturated heterocycles. The molecule has 126 valence electrons. The predicted molar refractivity (Wildman–Crippen MR) is 91.4 cm³/mol. The van der Waals surface area contributed by atoms with Crippen LogP contribution in [0.25, 0.3) is 0 Å². The summed E-state index contributed by atoms with van der Waals surface area (Å²) in [7, 11) is 1.61. The van der Waals surface area contributed by atoms with Gasteiger partial charge in [0, 0.05) is 33.3 Å². The maximum atomic E-state index is 11.8.